The van der Waals surface area contributed by atoms with Gasteiger partial charge in [0, 0.05) is 12.6 Å². The minimum absolute atomic E-state index is 0.0557. The Kier molecular flexibility index (Phi) is 10.6. The van der Waals surface area contributed by atoms with Crippen molar-refractivity contribution in [1.29, 1.82) is 0 Å². The first-order valence-corrected chi connectivity index (χ1v) is 15.7. The van der Waals surface area contributed by atoms with Crippen LogP contribution in [0, 0.1) is 5.82 Å². The number of hydrogen-bond acceptors (Lipinski definition) is 5. The summed E-state index contributed by atoms with van der Waals surface area (Å²) in [6, 6.07) is 19.3. The molecule has 0 saturated heterocycles. The highest BCUT2D eigenvalue weighted by atomic mass is 32.2. The molecule has 0 bridgehead atoms. The second-order valence-corrected chi connectivity index (χ2v) is 12.3. The summed E-state index contributed by atoms with van der Waals surface area (Å²) < 4.78 is 47.8. The minimum Gasteiger partial charge on any atom is -0.497 e. The molecule has 1 atom stereocenters. The smallest absolute Gasteiger partial charge is 0.264 e. The molecular weight excluding hydrogens is 557 g/mol. The topological polar surface area (TPSA) is 96.0 Å². The Bertz CT molecular complexity index is 1430. The van der Waals surface area contributed by atoms with E-state index in [1.165, 1.54) is 48.4 Å². The van der Waals surface area contributed by atoms with Crippen LogP contribution in [-0.2, 0) is 26.2 Å². The van der Waals surface area contributed by atoms with E-state index in [2.05, 4.69) is 5.32 Å². The number of sulfonamides is 1. The van der Waals surface area contributed by atoms with E-state index in [4.69, 9.17) is 4.74 Å². The molecular formula is C32H38FN3O5S. The maximum absolute atomic E-state index is 14.1. The van der Waals surface area contributed by atoms with Crippen LogP contribution in [0.4, 0.5) is 10.1 Å². The van der Waals surface area contributed by atoms with E-state index in [1.54, 1.807) is 0 Å². The van der Waals surface area contributed by atoms with Crippen molar-refractivity contribution in [3.05, 3.63) is 90.2 Å². The van der Waals surface area contributed by atoms with Gasteiger partial charge in [0.05, 0.1) is 17.7 Å². The number of ether oxygens (including phenoxy) is 1. The molecule has 1 N–H and O–H groups in total. The molecule has 224 valence electrons. The van der Waals surface area contributed by atoms with Crippen LogP contribution in [-0.4, -0.2) is 50.9 Å². The van der Waals surface area contributed by atoms with Gasteiger partial charge in [0.25, 0.3) is 10.0 Å². The Hall–Kier alpha value is -3.92. The number of carbonyl (C=O) groups is 2. The van der Waals surface area contributed by atoms with Crippen molar-refractivity contribution in [1.82, 2.24) is 10.2 Å². The van der Waals surface area contributed by atoms with Crippen molar-refractivity contribution in [2.24, 2.45) is 0 Å². The normalized spacial score (nSPS) is 14.5. The molecule has 2 amide bonds. The fraction of sp³-hybridized carbons (Fsp3) is 0.375. The Morgan fingerprint density at radius 3 is 2.19 bits per heavy atom. The highest BCUT2D eigenvalue weighted by Crippen LogP contribution is 2.27. The average molecular weight is 596 g/mol. The Morgan fingerprint density at radius 2 is 1.60 bits per heavy atom. The first-order valence-electron chi connectivity index (χ1n) is 14.3. The highest BCUT2D eigenvalue weighted by Gasteiger charge is 2.34. The molecule has 1 aliphatic rings. The van der Waals surface area contributed by atoms with Gasteiger partial charge in [-0.15, -0.1) is 0 Å². The summed E-state index contributed by atoms with van der Waals surface area (Å²) in [7, 11) is -2.79. The Labute approximate surface area is 247 Å². The molecule has 8 nitrogen and oxygen atoms in total. The largest absolute Gasteiger partial charge is 0.497 e. The van der Waals surface area contributed by atoms with Crippen molar-refractivity contribution in [3.8, 4) is 5.75 Å². The zero-order valence-corrected chi connectivity index (χ0v) is 24.9. The van der Waals surface area contributed by atoms with E-state index in [1.807, 2.05) is 37.3 Å². The zero-order chi connectivity index (χ0) is 30.1. The zero-order valence-electron chi connectivity index (χ0n) is 24.0. The number of anilines is 1. The third kappa shape index (κ3) is 7.67. The molecule has 1 saturated carbocycles. The molecule has 4 rings (SSSR count). The molecule has 1 aliphatic carbocycles. The summed E-state index contributed by atoms with van der Waals surface area (Å²) in [5, 5.41) is 3.13. The van der Waals surface area contributed by atoms with Gasteiger partial charge >= 0.3 is 0 Å². The molecule has 1 fully saturated rings. The molecule has 0 heterocycles. The van der Waals surface area contributed by atoms with Crippen LogP contribution < -0.4 is 14.4 Å². The van der Waals surface area contributed by atoms with Gasteiger partial charge in [0.1, 0.15) is 24.2 Å². The highest BCUT2D eigenvalue weighted by molar-refractivity contribution is 7.92. The van der Waals surface area contributed by atoms with Gasteiger partial charge in [-0.2, -0.15) is 0 Å². The lowest BCUT2D eigenvalue weighted by molar-refractivity contribution is -0.140. The number of benzene rings is 3. The van der Waals surface area contributed by atoms with Gasteiger partial charge in [0.2, 0.25) is 11.8 Å². The van der Waals surface area contributed by atoms with Gasteiger partial charge in [-0.05, 0) is 73.4 Å². The predicted octanol–water partition coefficient (Wildman–Crippen LogP) is 5.29. The Morgan fingerprint density at radius 1 is 0.952 bits per heavy atom. The molecule has 3 aromatic carbocycles. The van der Waals surface area contributed by atoms with Gasteiger partial charge < -0.3 is 15.0 Å². The average Bonchev–Trinajstić information content (AvgIpc) is 3.01. The predicted molar refractivity (Wildman–Crippen MR) is 160 cm³/mol. The number of nitrogens with zero attached hydrogens (tertiary/aromatic N) is 2. The summed E-state index contributed by atoms with van der Waals surface area (Å²) >= 11 is 0. The van der Waals surface area contributed by atoms with E-state index in [0.717, 1.165) is 54.1 Å². The number of halogens is 1. The van der Waals surface area contributed by atoms with Crippen molar-refractivity contribution >= 4 is 27.5 Å². The number of hydrogen-bond donors (Lipinski definition) is 1. The van der Waals surface area contributed by atoms with Crippen LogP contribution in [0.15, 0.2) is 83.8 Å². The van der Waals surface area contributed by atoms with Crippen molar-refractivity contribution < 1.29 is 27.1 Å². The second-order valence-electron chi connectivity index (χ2n) is 10.4. The lowest BCUT2D eigenvalue weighted by Crippen LogP contribution is -2.54. The van der Waals surface area contributed by atoms with Crippen LogP contribution in [0.2, 0.25) is 0 Å². The van der Waals surface area contributed by atoms with E-state index >= 15 is 0 Å². The van der Waals surface area contributed by atoms with Crippen molar-refractivity contribution in [2.75, 3.05) is 18.0 Å². The maximum atomic E-state index is 14.1. The summed E-state index contributed by atoms with van der Waals surface area (Å²) in [5.74, 6) is -0.865. The minimum atomic E-state index is -4.26. The van der Waals surface area contributed by atoms with Crippen molar-refractivity contribution in [2.45, 2.75) is 69.0 Å². The first kappa shape index (κ1) is 31.0. The summed E-state index contributed by atoms with van der Waals surface area (Å²) in [5.41, 5.74) is 0.932. The quantitative estimate of drug-likeness (QED) is 0.307. The van der Waals surface area contributed by atoms with Gasteiger partial charge in [-0.25, -0.2) is 12.8 Å². The number of carbonyl (C=O) groups excluding carboxylic acids is 2. The van der Waals surface area contributed by atoms with Crippen molar-refractivity contribution in [3.63, 3.8) is 0 Å². The number of methoxy groups -OCH3 is 1. The van der Waals surface area contributed by atoms with Gasteiger partial charge in [-0.3, -0.25) is 13.9 Å². The molecule has 0 radical (unpaired) electrons. The molecule has 0 spiro atoms. The monoisotopic (exact) mass is 595 g/mol. The number of amides is 2. The second kappa shape index (κ2) is 14.3. The van der Waals surface area contributed by atoms with Crippen LogP contribution in [0.5, 0.6) is 5.75 Å². The van der Waals surface area contributed by atoms with Crippen LogP contribution >= 0.6 is 0 Å². The standard InChI is InChI=1S/C32H38FN3O5S/c1-3-30(32(38)34-26-12-8-5-9-13-26)35(22-24-10-6-4-7-11-24)31(37)23-36(27-16-14-25(33)15-17-27)42(39,40)29-20-18-28(41-2)19-21-29/h4,6-7,10-11,14-21,26,30H,3,5,8-9,12-13,22-23H2,1-2H3,(H,34,38)/t30-/m1/s1. The fourth-order valence-corrected chi connectivity index (χ4v) is 6.67. The molecule has 0 aromatic heterocycles. The lowest BCUT2D eigenvalue weighted by atomic mass is 9.95. The Balaban J connectivity index is 1.68. The van der Waals surface area contributed by atoms with Gasteiger partial charge in [0.15, 0.2) is 0 Å². The van der Waals surface area contributed by atoms with Crippen LogP contribution in [0.1, 0.15) is 51.0 Å². The third-order valence-corrected chi connectivity index (χ3v) is 9.36. The van der Waals surface area contributed by atoms with E-state index in [-0.39, 0.29) is 29.1 Å². The lowest BCUT2D eigenvalue weighted by Gasteiger charge is -2.34. The number of rotatable bonds is 12. The summed E-state index contributed by atoms with van der Waals surface area (Å²) in [6.45, 7) is 1.37. The molecule has 10 heteroatoms. The van der Waals surface area contributed by atoms with E-state index < -0.39 is 34.3 Å². The maximum Gasteiger partial charge on any atom is 0.264 e. The van der Waals surface area contributed by atoms with E-state index in [9.17, 15) is 22.4 Å². The SMILES string of the molecule is CC[C@H](C(=O)NC1CCCCC1)N(Cc1ccccc1)C(=O)CN(c1ccc(F)cc1)S(=O)(=O)c1ccc(OC)cc1. The molecule has 0 unspecified atom stereocenters. The van der Waals surface area contributed by atoms with Crippen LogP contribution in [0.3, 0.4) is 0 Å². The van der Waals surface area contributed by atoms with Crippen LogP contribution in [0.25, 0.3) is 0 Å². The molecule has 3 aromatic rings. The van der Waals surface area contributed by atoms with Gasteiger partial charge in [-0.1, -0.05) is 56.5 Å². The molecule has 42 heavy (non-hydrogen) atoms. The summed E-state index contributed by atoms with van der Waals surface area (Å²) in [4.78, 5) is 29.1. The third-order valence-electron chi connectivity index (χ3n) is 7.57. The summed E-state index contributed by atoms with van der Waals surface area (Å²) in [6.07, 6.45) is 5.37. The first-order chi connectivity index (χ1) is 20.2. The number of nitrogens with one attached hydrogen (secondary N) is 1. The van der Waals surface area contributed by atoms with E-state index in [0.29, 0.717) is 12.2 Å². The fourth-order valence-electron chi connectivity index (χ4n) is 5.25. The molecule has 0 aliphatic heterocycles.